The summed E-state index contributed by atoms with van der Waals surface area (Å²) >= 11 is 0. The van der Waals surface area contributed by atoms with Crippen molar-refractivity contribution in [1.82, 2.24) is 4.98 Å². The largest absolute Gasteiger partial charge is 0.495 e. The Kier molecular flexibility index (Phi) is 3.65. The fourth-order valence-corrected chi connectivity index (χ4v) is 2.08. The summed E-state index contributed by atoms with van der Waals surface area (Å²) in [5, 5.41) is 0. The quantitative estimate of drug-likeness (QED) is 0.825. The minimum Gasteiger partial charge on any atom is -0.399 e. The van der Waals surface area contributed by atoms with Gasteiger partial charge in [0.1, 0.15) is 0 Å². The molecule has 1 amide bonds. The Morgan fingerprint density at radius 3 is 2.35 bits per heavy atom. The van der Waals surface area contributed by atoms with Crippen molar-refractivity contribution in [2.75, 3.05) is 0 Å². The van der Waals surface area contributed by atoms with Crippen LogP contribution in [0.2, 0.25) is 0 Å². The molecule has 0 radical (unpaired) electrons. The van der Waals surface area contributed by atoms with Crippen LogP contribution in [-0.4, -0.2) is 29.2 Å². The smallest absolute Gasteiger partial charge is 0.399 e. The summed E-state index contributed by atoms with van der Waals surface area (Å²) in [6.07, 6.45) is 1.84. The van der Waals surface area contributed by atoms with Crippen molar-refractivity contribution < 1.29 is 14.1 Å². The van der Waals surface area contributed by atoms with E-state index in [1.807, 2.05) is 40.7 Å². The van der Waals surface area contributed by atoms with Crippen LogP contribution in [0.3, 0.4) is 0 Å². The molecule has 1 fully saturated rings. The predicted molar refractivity (Wildman–Crippen MR) is 77.6 cm³/mol. The number of aryl methyl sites for hydroxylation is 1. The molecule has 5 nitrogen and oxygen atoms in total. The zero-order chi connectivity index (χ0) is 15.1. The molecule has 2 heterocycles. The molecule has 20 heavy (non-hydrogen) atoms. The molecule has 0 spiro atoms. The van der Waals surface area contributed by atoms with E-state index in [0.29, 0.717) is 5.69 Å². The Hall–Kier alpha value is -1.40. The molecular formula is C14H21BN2O3. The summed E-state index contributed by atoms with van der Waals surface area (Å²) in [4.78, 5) is 15.2. The average Bonchev–Trinajstić information content (AvgIpc) is 2.50. The van der Waals surface area contributed by atoms with Gasteiger partial charge in [-0.3, -0.25) is 9.78 Å². The fraction of sp³-hybridized carbons (Fsp3) is 0.571. The first-order valence-electron chi connectivity index (χ1n) is 6.72. The van der Waals surface area contributed by atoms with Crippen LogP contribution in [0.4, 0.5) is 0 Å². The highest BCUT2D eigenvalue weighted by Gasteiger charge is 2.52. The van der Waals surface area contributed by atoms with Crippen LogP contribution in [0.5, 0.6) is 0 Å². The molecular weight excluding hydrogens is 255 g/mol. The van der Waals surface area contributed by atoms with E-state index in [-0.39, 0.29) is 6.42 Å². The summed E-state index contributed by atoms with van der Waals surface area (Å²) in [5.41, 5.74) is 6.93. The number of hydrogen-bond acceptors (Lipinski definition) is 4. The number of nitrogens with two attached hydrogens (primary N) is 1. The summed E-state index contributed by atoms with van der Waals surface area (Å²) in [5.74, 6) is -0.402. The Balaban J connectivity index is 2.32. The van der Waals surface area contributed by atoms with Gasteiger partial charge in [0.05, 0.1) is 17.6 Å². The maximum absolute atomic E-state index is 11.0. The van der Waals surface area contributed by atoms with Gasteiger partial charge < -0.3 is 15.0 Å². The van der Waals surface area contributed by atoms with Crippen LogP contribution in [0.15, 0.2) is 12.3 Å². The lowest BCUT2D eigenvalue weighted by Gasteiger charge is -2.32. The standard InChI is InChI=1S/C14H21BN2O3/c1-9-8-17-10(7-12(16)18)6-11(9)15-19-13(2,3)14(4,5)20-15/h6,8H,7H2,1-5H3,(H2,16,18). The number of carbonyl (C=O) groups is 1. The number of pyridine rings is 1. The van der Waals surface area contributed by atoms with Crippen LogP contribution in [-0.2, 0) is 20.5 Å². The Labute approximate surface area is 120 Å². The molecule has 2 N–H and O–H groups in total. The van der Waals surface area contributed by atoms with Gasteiger partial charge >= 0.3 is 7.12 Å². The van der Waals surface area contributed by atoms with E-state index in [2.05, 4.69) is 4.98 Å². The van der Waals surface area contributed by atoms with Crippen LogP contribution in [0, 0.1) is 6.92 Å². The Morgan fingerprint density at radius 2 is 1.85 bits per heavy atom. The SMILES string of the molecule is Cc1cnc(CC(N)=O)cc1B1OC(C)(C)C(C)(C)O1. The number of carbonyl (C=O) groups excluding carboxylic acids is 1. The zero-order valence-electron chi connectivity index (χ0n) is 12.7. The van der Waals surface area contributed by atoms with Crippen molar-refractivity contribution in [3.05, 3.63) is 23.5 Å². The molecule has 1 aliphatic rings. The third-order valence-electron chi connectivity index (χ3n) is 4.06. The van der Waals surface area contributed by atoms with Crippen LogP contribution in [0.1, 0.15) is 39.0 Å². The maximum atomic E-state index is 11.0. The van der Waals surface area contributed by atoms with Crippen molar-refractivity contribution in [2.24, 2.45) is 5.73 Å². The lowest BCUT2D eigenvalue weighted by atomic mass is 9.76. The van der Waals surface area contributed by atoms with E-state index < -0.39 is 24.2 Å². The van der Waals surface area contributed by atoms with Gasteiger partial charge in [0.25, 0.3) is 0 Å². The molecule has 0 atom stereocenters. The minimum atomic E-state index is -0.449. The third kappa shape index (κ3) is 2.71. The molecule has 1 aliphatic heterocycles. The molecule has 0 bridgehead atoms. The van der Waals surface area contributed by atoms with Gasteiger partial charge in [0, 0.05) is 11.9 Å². The van der Waals surface area contributed by atoms with Crippen molar-refractivity contribution in [3.8, 4) is 0 Å². The first-order valence-corrected chi connectivity index (χ1v) is 6.72. The second-order valence-corrected chi connectivity index (χ2v) is 6.26. The van der Waals surface area contributed by atoms with E-state index in [4.69, 9.17) is 15.0 Å². The highest BCUT2D eigenvalue weighted by molar-refractivity contribution is 6.62. The number of primary amides is 1. The van der Waals surface area contributed by atoms with Crippen molar-refractivity contribution in [2.45, 2.75) is 52.2 Å². The van der Waals surface area contributed by atoms with Crippen LogP contribution < -0.4 is 11.2 Å². The van der Waals surface area contributed by atoms with Gasteiger partial charge in [-0.1, -0.05) is 0 Å². The average molecular weight is 276 g/mol. The molecule has 1 aromatic heterocycles. The number of aromatic nitrogens is 1. The number of nitrogens with zero attached hydrogens (tertiary/aromatic N) is 1. The lowest BCUT2D eigenvalue weighted by molar-refractivity contribution is -0.117. The van der Waals surface area contributed by atoms with Crippen molar-refractivity contribution in [1.29, 1.82) is 0 Å². The second-order valence-electron chi connectivity index (χ2n) is 6.26. The molecule has 0 unspecified atom stereocenters. The molecule has 1 aromatic rings. The number of hydrogen-bond donors (Lipinski definition) is 1. The molecule has 6 heteroatoms. The van der Waals surface area contributed by atoms with Gasteiger partial charge in [0.15, 0.2) is 0 Å². The van der Waals surface area contributed by atoms with E-state index in [0.717, 1.165) is 11.0 Å². The van der Waals surface area contributed by atoms with Gasteiger partial charge in [-0.05, 0) is 51.7 Å². The summed E-state index contributed by atoms with van der Waals surface area (Å²) < 4.78 is 12.0. The zero-order valence-corrected chi connectivity index (χ0v) is 12.7. The van der Waals surface area contributed by atoms with Crippen LogP contribution in [0.25, 0.3) is 0 Å². The van der Waals surface area contributed by atoms with Crippen molar-refractivity contribution >= 4 is 18.5 Å². The van der Waals surface area contributed by atoms with Crippen LogP contribution >= 0.6 is 0 Å². The number of amides is 1. The highest BCUT2D eigenvalue weighted by atomic mass is 16.7. The van der Waals surface area contributed by atoms with E-state index in [1.54, 1.807) is 6.20 Å². The van der Waals surface area contributed by atoms with E-state index in [1.165, 1.54) is 0 Å². The van der Waals surface area contributed by atoms with Gasteiger partial charge in [-0.2, -0.15) is 0 Å². The Bertz CT molecular complexity index is 527. The molecule has 0 saturated carbocycles. The first-order chi connectivity index (χ1) is 9.12. The number of rotatable bonds is 3. The normalized spacial score (nSPS) is 20.1. The third-order valence-corrected chi connectivity index (χ3v) is 4.06. The second kappa shape index (κ2) is 4.86. The fourth-order valence-electron chi connectivity index (χ4n) is 2.08. The van der Waals surface area contributed by atoms with Crippen molar-refractivity contribution in [3.63, 3.8) is 0 Å². The minimum absolute atomic E-state index is 0.118. The van der Waals surface area contributed by atoms with Gasteiger partial charge in [-0.25, -0.2) is 0 Å². The highest BCUT2D eigenvalue weighted by Crippen LogP contribution is 2.36. The molecule has 108 valence electrons. The van der Waals surface area contributed by atoms with Gasteiger partial charge in [0.2, 0.25) is 5.91 Å². The monoisotopic (exact) mass is 276 g/mol. The maximum Gasteiger partial charge on any atom is 0.495 e. The van der Waals surface area contributed by atoms with E-state index in [9.17, 15) is 4.79 Å². The lowest BCUT2D eigenvalue weighted by Crippen LogP contribution is -2.41. The van der Waals surface area contributed by atoms with E-state index >= 15 is 0 Å². The predicted octanol–water partition coefficient (Wildman–Crippen LogP) is 0.717. The molecule has 1 saturated heterocycles. The molecule has 2 rings (SSSR count). The summed E-state index contributed by atoms with van der Waals surface area (Å²) in [6.45, 7) is 9.98. The Morgan fingerprint density at radius 1 is 1.30 bits per heavy atom. The topological polar surface area (TPSA) is 74.4 Å². The summed E-state index contributed by atoms with van der Waals surface area (Å²) in [7, 11) is -0.449. The molecule has 0 aliphatic carbocycles. The first kappa shape index (κ1) is 15.0. The molecule has 0 aromatic carbocycles. The summed E-state index contributed by atoms with van der Waals surface area (Å²) in [6, 6.07) is 1.84. The van der Waals surface area contributed by atoms with Gasteiger partial charge in [-0.15, -0.1) is 0 Å².